The van der Waals surface area contributed by atoms with E-state index in [4.69, 9.17) is 5.11 Å². The lowest BCUT2D eigenvalue weighted by molar-refractivity contribution is 0.283. The van der Waals surface area contributed by atoms with Crippen LogP contribution in [0, 0.1) is 6.92 Å². The fourth-order valence-electron chi connectivity index (χ4n) is 3.05. The number of aliphatic hydroxyl groups is 1. The second-order valence-corrected chi connectivity index (χ2v) is 7.40. The highest BCUT2D eigenvalue weighted by molar-refractivity contribution is 7.19. The predicted molar refractivity (Wildman–Crippen MR) is 106 cm³/mol. The van der Waals surface area contributed by atoms with Crippen molar-refractivity contribution in [3.05, 3.63) is 41.0 Å². The Hall–Kier alpha value is -1.98. The Balaban J connectivity index is 1.93. The number of aromatic nitrogens is 2. The van der Waals surface area contributed by atoms with Gasteiger partial charge < -0.3 is 10.4 Å². The lowest BCUT2D eigenvalue weighted by Gasteiger charge is -2.09. The first kappa shape index (κ1) is 17.8. The van der Waals surface area contributed by atoms with Gasteiger partial charge in [-0.05, 0) is 43.7 Å². The lowest BCUT2D eigenvalue weighted by atomic mass is 10.0. The molecule has 0 radical (unpaired) electrons. The van der Waals surface area contributed by atoms with Gasteiger partial charge >= 0.3 is 0 Å². The number of hydrogen-bond acceptors (Lipinski definition) is 5. The number of benzene rings is 1. The largest absolute Gasteiger partial charge is 0.396 e. The summed E-state index contributed by atoms with van der Waals surface area (Å²) in [6.45, 7) is 5.45. The van der Waals surface area contributed by atoms with Gasteiger partial charge in [0.05, 0.1) is 5.39 Å². The van der Waals surface area contributed by atoms with E-state index < -0.39 is 0 Å². The van der Waals surface area contributed by atoms with E-state index in [0.717, 1.165) is 48.3 Å². The van der Waals surface area contributed by atoms with E-state index in [1.54, 1.807) is 17.7 Å². The summed E-state index contributed by atoms with van der Waals surface area (Å²) in [4.78, 5) is 11.3. The summed E-state index contributed by atoms with van der Waals surface area (Å²) in [5.74, 6) is 0.910. The number of anilines is 1. The van der Waals surface area contributed by atoms with Crippen molar-refractivity contribution in [3.8, 4) is 11.1 Å². The SMILES string of the molecule is CCc1ccc(-c2c(C)sc3ncnc(NCCCCCO)c23)cc1. The molecule has 3 aromatic rings. The fraction of sp³-hybridized carbons (Fsp3) is 0.400. The molecule has 0 aliphatic heterocycles. The summed E-state index contributed by atoms with van der Waals surface area (Å²) in [5.41, 5.74) is 3.81. The van der Waals surface area contributed by atoms with Crippen molar-refractivity contribution >= 4 is 27.4 Å². The zero-order chi connectivity index (χ0) is 17.6. The van der Waals surface area contributed by atoms with Gasteiger partial charge in [0.2, 0.25) is 0 Å². The maximum absolute atomic E-state index is 8.89. The zero-order valence-corrected chi connectivity index (χ0v) is 15.7. The number of rotatable bonds is 8. The summed E-state index contributed by atoms with van der Waals surface area (Å²) in [7, 11) is 0. The predicted octanol–water partition coefficient (Wildman–Crippen LogP) is 4.80. The molecule has 25 heavy (non-hydrogen) atoms. The molecule has 0 spiro atoms. The van der Waals surface area contributed by atoms with Crippen molar-refractivity contribution in [1.82, 2.24) is 9.97 Å². The number of thiophene rings is 1. The number of aryl methyl sites for hydroxylation is 2. The highest BCUT2D eigenvalue weighted by Gasteiger charge is 2.16. The molecule has 2 aromatic heterocycles. The minimum absolute atomic E-state index is 0.263. The van der Waals surface area contributed by atoms with Crippen LogP contribution < -0.4 is 5.32 Å². The topological polar surface area (TPSA) is 58.0 Å². The molecule has 0 fully saturated rings. The van der Waals surface area contributed by atoms with Crippen LogP contribution in [0.4, 0.5) is 5.82 Å². The number of nitrogens with zero attached hydrogens (tertiary/aromatic N) is 2. The minimum atomic E-state index is 0.263. The molecular formula is C20H25N3OS. The second-order valence-electron chi connectivity index (χ2n) is 6.20. The van der Waals surface area contributed by atoms with E-state index >= 15 is 0 Å². The van der Waals surface area contributed by atoms with Crippen molar-refractivity contribution in [2.24, 2.45) is 0 Å². The van der Waals surface area contributed by atoms with Gasteiger partial charge in [-0.25, -0.2) is 9.97 Å². The van der Waals surface area contributed by atoms with Crippen LogP contribution in [0.1, 0.15) is 36.6 Å². The quantitative estimate of drug-likeness (QED) is 0.570. The van der Waals surface area contributed by atoms with Crippen molar-refractivity contribution in [2.45, 2.75) is 39.5 Å². The maximum atomic E-state index is 8.89. The van der Waals surface area contributed by atoms with E-state index in [0.29, 0.717) is 0 Å². The van der Waals surface area contributed by atoms with Crippen LogP contribution in [-0.4, -0.2) is 28.2 Å². The van der Waals surface area contributed by atoms with Gasteiger partial charge in [-0.2, -0.15) is 0 Å². The van der Waals surface area contributed by atoms with Crippen LogP contribution in [0.5, 0.6) is 0 Å². The highest BCUT2D eigenvalue weighted by atomic mass is 32.1. The molecule has 0 aliphatic rings. The van der Waals surface area contributed by atoms with Crippen molar-refractivity contribution in [2.75, 3.05) is 18.5 Å². The minimum Gasteiger partial charge on any atom is -0.396 e. The third-order valence-corrected chi connectivity index (χ3v) is 5.46. The molecule has 132 valence electrons. The molecule has 0 saturated carbocycles. The summed E-state index contributed by atoms with van der Waals surface area (Å²) in [6, 6.07) is 8.80. The third-order valence-electron chi connectivity index (χ3n) is 4.44. The average molecular weight is 356 g/mol. The van der Waals surface area contributed by atoms with Crippen LogP contribution in [0.3, 0.4) is 0 Å². The standard InChI is InChI=1S/C20H25N3OS/c1-3-15-7-9-16(10-8-15)17-14(2)25-20-18(17)19(22-13-23-20)21-11-5-4-6-12-24/h7-10,13,24H,3-6,11-12H2,1-2H3,(H,21,22,23). The summed E-state index contributed by atoms with van der Waals surface area (Å²) < 4.78 is 0. The first-order valence-corrected chi connectivity index (χ1v) is 9.74. The van der Waals surface area contributed by atoms with Gasteiger partial charge in [0.15, 0.2) is 0 Å². The number of unbranched alkanes of at least 4 members (excludes halogenated alkanes) is 2. The van der Waals surface area contributed by atoms with Crippen molar-refractivity contribution < 1.29 is 5.11 Å². The Labute approximate surface area is 153 Å². The number of hydrogen-bond donors (Lipinski definition) is 2. The van der Waals surface area contributed by atoms with E-state index in [9.17, 15) is 0 Å². The zero-order valence-electron chi connectivity index (χ0n) is 14.9. The monoisotopic (exact) mass is 355 g/mol. The normalized spacial score (nSPS) is 11.2. The Morgan fingerprint density at radius 3 is 2.60 bits per heavy atom. The van der Waals surface area contributed by atoms with E-state index in [1.165, 1.54) is 21.6 Å². The van der Waals surface area contributed by atoms with Crippen molar-refractivity contribution in [1.29, 1.82) is 0 Å². The van der Waals surface area contributed by atoms with Crippen LogP contribution in [0.25, 0.3) is 21.3 Å². The van der Waals surface area contributed by atoms with E-state index in [2.05, 4.69) is 53.4 Å². The van der Waals surface area contributed by atoms with Crippen LogP contribution in [0.2, 0.25) is 0 Å². The van der Waals surface area contributed by atoms with Gasteiger partial charge in [-0.15, -0.1) is 11.3 Å². The number of fused-ring (bicyclic) bond motifs is 1. The van der Waals surface area contributed by atoms with Gasteiger partial charge in [0.25, 0.3) is 0 Å². The second kappa shape index (κ2) is 8.41. The summed E-state index contributed by atoms with van der Waals surface area (Å²) >= 11 is 1.72. The van der Waals surface area contributed by atoms with Gasteiger partial charge in [-0.1, -0.05) is 31.2 Å². The number of aliphatic hydroxyl groups excluding tert-OH is 1. The molecule has 0 atom stereocenters. The third kappa shape index (κ3) is 3.99. The summed E-state index contributed by atoms with van der Waals surface area (Å²) in [6.07, 6.45) is 5.58. The number of nitrogens with one attached hydrogen (secondary N) is 1. The van der Waals surface area contributed by atoms with E-state index in [1.807, 2.05) is 0 Å². The van der Waals surface area contributed by atoms with Gasteiger partial charge in [0, 0.05) is 23.6 Å². The van der Waals surface area contributed by atoms with Gasteiger partial charge in [0.1, 0.15) is 17.0 Å². The van der Waals surface area contributed by atoms with Crippen LogP contribution in [-0.2, 0) is 6.42 Å². The maximum Gasteiger partial charge on any atom is 0.138 e. The Kier molecular flexibility index (Phi) is 6.00. The molecule has 4 nitrogen and oxygen atoms in total. The lowest BCUT2D eigenvalue weighted by Crippen LogP contribution is -2.04. The first-order valence-electron chi connectivity index (χ1n) is 8.92. The molecular weight excluding hydrogens is 330 g/mol. The van der Waals surface area contributed by atoms with Crippen molar-refractivity contribution in [3.63, 3.8) is 0 Å². The molecule has 0 amide bonds. The molecule has 0 unspecified atom stereocenters. The molecule has 0 aliphatic carbocycles. The molecule has 5 heteroatoms. The first-order chi connectivity index (χ1) is 12.2. The molecule has 1 aromatic carbocycles. The molecule has 0 bridgehead atoms. The summed E-state index contributed by atoms with van der Waals surface area (Å²) in [5, 5.41) is 13.5. The smallest absolute Gasteiger partial charge is 0.138 e. The fourth-order valence-corrected chi connectivity index (χ4v) is 4.07. The Morgan fingerprint density at radius 1 is 1.08 bits per heavy atom. The van der Waals surface area contributed by atoms with Crippen LogP contribution >= 0.6 is 11.3 Å². The van der Waals surface area contributed by atoms with Crippen LogP contribution in [0.15, 0.2) is 30.6 Å². The average Bonchev–Trinajstić information content (AvgIpc) is 2.98. The van der Waals surface area contributed by atoms with E-state index in [-0.39, 0.29) is 6.61 Å². The Bertz CT molecular complexity index is 827. The molecule has 3 rings (SSSR count). The molecule has 2 N–H and O–H groups in total. The Morgan fingerprint density at radius 2 is 1.88 bits per heavy atom. The van der Waals surface area contributed by atoms with Gasteiger partial charge in [-0.3, -0.25) is 0 Å². The highest BCUT2D eigenvalue weighted by Crippen LogP contribution is 2.40. The molecule has 2 heterocycles. The molecule has 0 saturated heterocycles.